The average Bonchev–Trinajstić information content (AvgIpc) is 2.15. The highest BCUT2D eigenvalue weighted by Gasteiger charge is 2.56. The van der Waals surface area contributed by atoms with E-state index in [9.17, 15) is 21.6 Å². The topological polar surface area (TPSA) is 77.8 Å². The minimum atomic E-state index is -5.39. The summed E-state index contributed by atoms with van der Waals surface area (Å²) in [7, 11) is -4.31. The third-order valence-corrected chi connectivity index (χ3v) is 4.47. The highest BCUT2D eigenvalue weighted by Crippen LogP contribution is 2.30. The van der Waals surface area contributed by atoms with Crippen molar-refractivity contribution in [1.82, 2.24) is 4.31 Å². The minimum Gasteiger partial charge on any atom is -0.358 e. The van der Waals surface area contributed by atoms with Crippen molar-refractivity contribution >= 4 is 10.0 Å². The molecule has 17 heavy (non-hydrogen) atoms. The Hall–Kier alpha value is -0.380. The molecule has 9 heteroatoms. The molecule has 1 aliphatic heterocycles. The van der Waals surface area contributed by atoms with Gasteiger partial charge in [0, 0.05) is 13.1 Å². The van der Waals surface area contributed by atoms with E-state index in [2.05, 4.69) is 0 Å². The predicted octanol–water partition coefficient (Wildman–Crippen LogP) is 0.0453. The molecular weight excluding hydrogens is 263 g/mol. The molecule has 2 N–H and O–H groups in total. The van der Waals surface area contributed by atoms with E-state index in [4.69, 9.17) is 10.2 Å². The van der Waals surface area contributed by atoms with E-state index < -0.39 is 27.7 Å². The first-order valence-corrected chi connectivity index (χ1v) is 6.66. The average molecular weight is 277 g/mol. The molecule has 0 amide bonds. The fraction of sp³-hybridized carbons (Fsp3) is 1.00. The van der Waals surface area contributed by atoms with Gasteiger partial charge in [0.15, 0.2) is 0 Å². The second kappa shape index (κ2) is 4.71. The quantitative estimate of drug-likeness (QED) is 0.714. The van der Waals surface area contributed by atoms with E-state index in [0.717, 1.165) is 10.7 Å². The van der Waals surface area contributed by atoms with Crippen molar-refractivity contribution in [2.75, 3.05) is 18.8 Å². The lowest BCUT2D eigenvalue weighted by Gasteiger charge is -2.30. The third kappa shape index (κ3) is 3.54. The van der Waals surface area contributed by atoms with Crippen LogP contribution in [0.5, 0.6) is 0 Å². The summed E-state index contributed by atoms with van der Waals surface area (Å²) in [4.78, 5) is 0. The van der Waals surface area contributed by atoms with Crippen molar-refractivity contribution in [2.45, 2.75) is 31.2 Å². The molecule has 5 nitrogen and oxygen atoms in total. The Morgan fingerprint density at radius 1 is 1.06 bits per heavy atom. The first-order chi connectivity index (χ1) is 7.56. The second-order valence-electron chi connectivity index (χ2n) is 4.03. The largest absolute Gasteiger partial charge is 0.444 e. The molecule has 0 aromatic heterocycles. The van der Waals surface area contributed by atoms with Crippen LogP contribution in [0.1, 0.15) is 19.3 Å². The Labute approximate surface area is 96.9 Å². The molecule has 102 valence electrons. The van der Waals surface area contributed by atoms with E-state index >= 15 is 0 Å². The van der Waals surface area contributed by atoms with Crippen molar-refractivity contribution in [3.8, 4) is 0 Å². The fourth-order valence-electron chi connectivity index (χ4n) is 1.57. The molecule has 0 saturated carbocycles. The van der Waals surface area contributed by atoms with E-state index in [1.807, 2.05) is 0 Å². The molecule has 0 radical (unpaired) electrons. The lowest BCUT2D eigenvalue weighted by Crippen LogP contribution is -2.53. The number of halogens is 3. The van der Waals surface area contributed by atoms with Gasteiger partial charge in [-0.3, -0.25) is 0 Å². The molecular formula is C8H14F3NO4S. The smallest absolute Gasteiger partial charge is 0.358 e. The van der Waals surface area contributed by atoms with Crippen LogP contribution in [0.25, 0.3) is 0 Å². The maximum Gasteiger partial charge on any atom is 0.444 e. The Morgan fingerprint density at radius 3 is 1.94 bits per heavy atom. The number of nitrogens with zero attached hydrogens (tertiary/aromatic N) is 1. The van der Waals surface area contributed by atoms with Gasteiger partial charge in [-0.2, -0.15) is 13.2 Å². The number of hydrogen-bond donors (Lipinski definition) is 2. The molecule has 1 aliphatic rings. The number of rotatable bonds is 3. The van der Waals surface area contributed by atoms with Gasteiger partial charge in [0.25, 0.3) is 5.79 Å². The van der Waals surface area contributed by atoms with E-state index in [1.165, 1.54) is 0 Å². The monoisotopic (exact) mass is 277 g/mol. The van der Waals surface area contributed by atoms with Crippen LogP contribution in [0.15, 0.2) is 0 Å². The molecule has 1 heterocycles. The highest BCUT2D eigenvalue weighted by molar-refractivity contribution is 7.89. The molecule has 1 saturated heterocycles. The second-order valence-corrected chi connectivity index (χ2v) is 6.00. The van der Waals surface area contributed by atoms with Gasteiger partial charge in [-0.15, -0.1) is 0 Å². The molecule has 0 unspecified atom stereocenters. The van der Waals surface area contributed by atoms with Gasteiger partial charge in [0.1, 0.15) is 5.75 Å². The SMILES string of the molecule is O=S(=O)(CC(O)(O)C(F)(F)F)N1CCCCC1. The molecule has 0 aromatic carbocycles. The van der Waals surface area contributed by atoms with Crippen molar-refractivity contribution in [3.05, 3.63) is 0 Å². The summed E-state index contributed by atoms with van der Waals surface area (Å²) < 4.78 is 60.4. The lowest BCUT2D eigenvalue weighted by molar-refractivity contribution is -0.337. The van der Waals surface area contributed by atoms with Gasteiger partial charge in [-0.05, 0) is 12.8 Å². The van der Waals surface area contributed by atoms with Crippen molar-refractivity contribution in [1.29, 1.82) is 0 Å². The zero-order chi connectivity index (χ0) is 13.3. The summed E-state index contributed by atoms with van der Waals surface area (Å²) in [5.41, 5.74) is 0. The zero-order valence-corrected chi connectivity index (χ0v) is 9.76. The van der Waals surface area contributed by atoms with E-state index in [1.54, 1.807) is 0 Å². The Bertz CT molecular complexity index is 359. The maximum absolute atomic E-state index is 12.1. The van der Waals surface area contributed by atoms with Crippen LogP contribution in [0.4, 0.5) is 13.2 Å². The van der Waals surface area contributed by atoms with Crippen molar-refractivity contribution in [3.63, 3.8) is 0 Å². The molecule has 0 aromatic rings. The normalized spacial score (nSPS) is 20.5. The molecule has 0 atom stereocenters. The molecule has 0 aliphatic carbocycles. The van der Waals surface area contributed by atoms with Gasteiger partial charge >= 0.3 is 6.18 Å². The summed E-state index contributed by atoms with van der Waals surface area (Å²) in [6.45, 7) is 0.243. The summed E-state index contributed by atoms with van der Waals surface area (Å²) in [5.74, 6) is -5.97. The Balaban J connectivity index is 2.79. The molecule has 1 fully saturated rings. The number of aliphatic hydroxyl groups is 2. The first-order valence-electron chi connectivity index (χ1n) is 5.05. The van der Waals surface area contributed by atoms with Crippen molar-refractivity contribution < 1.29 is 31.8 Å². The predicted molar refractivity (Wildman–Crippen MR) is 52.4 cm³/mol. The first kappa shape index (κ1) is 14.7. The number of sulfonamides is 1. The molecule has 0 spiro atoms. The fourth-order valence-corrected chi connectivity index (χ4v) is 3.24. The van der Waals surface area contributed by atoms with Crippen LogP contribution in [-0.2, 0) is 10.0 Å². The van der Waals surface area contributed by atoms with Gasteiger partial charge in [-0.25, -0.2) is 12.7 Å². The van der Waals surface area contributed by atoms with E-state index in [-0.39, 0.29) is 13.1 Å². The summed E-state index contributed by atoms with van der Waals surface area (Å²) in [6.07, 6.45) is -3.45. The van der Waals surface area contributed by atoms with Gasteiger partial charge in [0.2, 0.25) is 10.0 Å². The maximum atomic E-state index is 12.1. The molecule has 0 bridgehead atoms. The van der Waals surface area contributed by atoms with Crippen LogP contribution in [0.2, 0.25) is 0 Å². The Kier molecular flexibility index (Phi) is 4.07. The summed E-state index contributed by atoms with van der Waals surface area (Å²) >= 11 is 0. The van der Waals surface area contributed by atoms with Crippen LogP contribution in [0, 0.1) is 0 Å². The summed E-state index contributed by atoms with van der Waals surface area (Å²) in [6, 6.07) is 0. The van der Waals surface area contributed by atoms with E-state index in [0.29, 0.717) is 12.8 Å². The van der Waals surface area contributed by atoms with Crippen molar-refractivity contribution in [2.24, 2.45) is 0 Å². The highest BCUT2D eigenvalue weighted by atomic mass is 32.2. The van der Waals surface area contributed by atoms with Gasteiger partial charge in [0.05, 0.1) is 0 Å². The molecule has 1 rings (SSSR count). The van der Waals surface area contributed by atoms with Gasteiger partial charge in [-0.1, -0.05) is 6.42 Å². The Morgan fingerprint density at radius 2 is 1.53 bits per heavy atom. The van der Waals surface area contributed by atoms with Crippen LogP contribution >= 0.6 is 0 Å². The lowest BCUT2D eigenvalue weighted by atomic mass is 10.2. The number of alkyl halides is 3. The van der Waals surface area contributed by atoms with Crippen LogP contribution in [-0.4, -0.2) is 53.7 Å². The van der Waals surface area contributed by atoms with Crippen LogP contribution < -0.4 is 0 Å². The summed E-state index contributed by atoms with van der Waals surface area (Å²) in [5, 5.41) is 17.5. The third-order valence-electron chi connectivity index (χ3n) is 2.55. The number of hydrogen-bond acceptors (Lipinski definition) is 4. The zero-order valence-electron chi connectivity index (χ0n) is 8.94. The standard InChI is InChI=1S/C8H14F3NO4S/c9-8(10,11)7(13,14)6-17(15,16)12-4-2-1-3-5-12/h13-14H,1-6H2. The number of piperidine rings is 1. The minimum absolute atomic E-state index is 0.121. The van der Waals surface area contributed by atoms with Crippen LogP contribution in [0.3, 0.4) is 0 Å². The van der Waals surface area contributed by atoms with Gasteiger partial charge < -0.3 is 10.2 Å².